The minimum atomic E-state index is -0.117. The molecule has 0 saturated carbocycles. The number of hydrogen-bond donors (Lipinski definition) is 1. The maximum atomic E-state index is 12.4. The average molecular weight is 303 g/mol. The van der Waals surface area contributed by atoms with Crippen molar-refractivity contribution in [3.8, 4) is 0 Å². The highest BCUT2D eigenvalue weighted by Gasteiger charge is 2.09. The number of nitrogens with zero attached hydrogens (tertiary/aromatic N) is 1. The summed E-state index contributed by atoms with van der Waals surface area (Å²) in [7, 11) is 4.01. The predicted octanol–water partition coefficient (Wildman–Crippen LogP) is 3.74. The van der Waals surface area contributed by atoms with Crippen molar-refractivity contribution < 1.29 is 4.79 Å². The van der Waals surface area contributed by atoms with Gasteiger partial charge in [-0.25, -0.2) is 0 Å². The van der Waals surface area contributed by atoms with Crippen molar-refractivity contribution in [1.29, 1.82) is 0 Å². The highest BCUT2D eigenvalue weighted by molar-refractivity contribution is 6.17. The van der Waals surface area contributed by atoms with Crippen LogP contribution in [0, 0.1) is 0 Å². The Morgan fingerprint density at radius 1 is 1.14 bits per heavy atom. The number of nitrogens with one attached hydrogen (secondary N) is 1. The Labute approximate surface area is 130 Å². The minimum Gasteiger partial charge on any atom is -0.322 e. The first-order chi connectivity index (χ1) is 10.1. The fourth-order valence-corrected chi connectivity index (χ4v) is 2.28. The summed E-state index contributed by atoms with van der Waals surface area (Å²) in [6.07, 6.45) is 0. The number of rotatable bonds is 5. The van der Waals surface area contributed by atoms with Gasteiger partial charge in [-0.1, -0.05) is 30.3 Å². The molecule has 1 amide bonds. The summed E-state index contributed by atoms with van der Waals surface area (Å²) in [5, 5.41) is 2.97. The molecule has 2 rings (SSSR count). The van der Waals surface area contributed by atoms with Crippen LogP contribution in [0.5, 0.6) is 0 Å². The van der Waals surface area contributed by atoms with E-state index >= 15 is 0 Å². The first kappa shape index (κ1) is 15.5. The predicted molar refractivity (Wildman–Crippen MR) is 87.8 cm³/mol. The normalized spacial score (nSPS) is 10.7. The molecule has 4 heteroatoms. The van der Waals surface area contributed by atoms with E-state index in [1.807, 2.05) is 56.6 Å². The largest absolute Gasteiger partial charge is 0.322 e. The number of amides is 1. The summed E-state index contributed by atoms with van der Waals surface area (Å²) in [6, 6.07) is 15.2. The topological polar surface area (TPSA) is 32.3 Å². The summed E-state index contributed by atoms with van der Waals surface area (Å²) in [6.45, 7) is 0.776. The Morgan fingerprint density at radius 3 is 2.62 bits per heavy atom. The Hall–Kier alpha value is -1.84. The van der Waals surface area contributed by atoms with Crippen LogP contribution >= 0.6 is 11.6 Å². The van der Waals surface area contributed by atoms with Crippen molar-refractivity contribution in [3.63, 3.8) is 0 Å². The molecular formula is C17H19ClN2O. The van der Waals surface area contributed by atoms with E-state index in [2.05, 4.69) is 10.2 Å². The number of hydrogen-bond acceptors (Lipinski definition) is 2. The fraction of sp³-hybridized carbons (Fsp3) is 0.235. The molecule has 0 aliphatic rings. The summed E-state index contributed by atoms with van der Waals surface area (Å²) >= 11 is 5.81. The van der Waals surface area contributed by atoms with Crippen molar-refractivity contribution in [1.82, 2.24) is 4.90 Å². The van der Waals surface area contributed by atoms with Crippen LogP contribution in [-0.2, 0) is 12.4 Å². The lowest BCUT2D eigenvalue weighted by Gasteiger charge is -2.15. The fourth-order valence-electron chi connectivity index (χ4n) is 2.11. The van der Waals surface area contributed by atoms with Crippen molar-refractivity contribution in [2.45, 2.75) is 12.4 Å². The molecule has 3 nitrogen and oxygen atoms in total. The number of carbonyl (C=O) groups excluding carboxylic acids is 1. The summed E-state index contributed by atoms with van der Waals surface area (Å²) in [5.41, 5.74) is 3.48. The summed E-state index contributed by atoms with van der Waals surface area (Å²) < 4.78 is 0. The van der Waals surface area contributed by atoms with Crippen molar-refractivity contribution in [3.05, 3.63) is 65.2 Å². The molecule has 21 heavy (non-hydrogen) atoms. The SMILES string of the molecule is CN(C)Cc1ccccc1NC(=O)c1cccc(CCl)c1. The third kappa shape index (κ3) is 4.31. The number of halogens is 1. The molecule has 0 spiro atoms. The van der Waals surface area contributed by atoms with Crippen molar-refractivity contribution in [2.75, 3.05) is 19.4 Å². The molecule has 0 aliphatic carbocycles. The maximum Gasteiger partial charge on any atom is 0.255 e. The molecule has 0 saturated heterocycles. The number of anilines is 1. The molecule has 0 aliphatic heterocycles. The second-order valence-corrected chi connectivity index (χ2v) is 5.45. The number of alkyl halides is 1. The van der Waals surface area contributed by atoms with Crippen molar-refractivity contribution >= 4 is 23.2 Å². The van der Waals surface area contributed by atoms with Gasteiger partial charge in [-0.05, 0) is 43.4 Å². The van der Waals surface area contributed by atoms with E-state index in [1.165, 1.54) is 0 Å². The second kappa shape index (κ2) is 7.25. The van der Waals surface area contributed by atoms with Gasteiger partial charge in [0.25, 0.3) is 5.91 Å². The van der Waals surface area contributed by atoms with E-state index in [4.69, 9.17) is 11.6 Å². The summed E-state index contributed by atoms with van der Waals surface area (Å²) in [4.78, 5) is 14.4. The molecule has 0 aromatic heterocycles. The quantitative estimate of drug-likeness (QED) is 0.853. The second-order valence-electron chi connectivity index (χ2n) is 5.18. The smallest absolute Gasteiger partial charge is 0.255 e. The van der Waals surface area contributed by atoms with Crippen LogP contribution in [0.4, 0.5) is 5.69 Å². The van der Waals surface area contributed by atoms with E-state index in [-0.39, 0.29) is 5.91 Å². The van der Waals surface area contributed by atoms with Gasteiger partial charge >= 0.3 is 0 Å². The van der Waals surface area contributed by atoms with Gasteiger partial charge in [0.2, 0.25) is 0 Å². The molecule has 0 fully saturated rings. The zero-order valence-electron chi connectivity index (χ0n) is 12.3. The third-order valence-electron chi connectivity index (χ3n) is 3.10. The first-order valence-corrected chi connectivity index (χ1v) is 7.32. The zero-order valence-corrected chi connectivity index (χ0v) is 13.0. The van der Waals surface area contributed by atoms with E-state index < -0.39 is 0 Å². The minimum absolute atomic E-state index is 0.117. The van der Waals surface area contributed by atoms with Crippen LogP contribution in [0.1, 0.15) is 21.5 Å². The van der Waals surface area contributed by atoms with E-state index in [1.54, 1.807) is 6.07 Å². The van der Waals surface area contributed by atoms with Crippen LogP contribution in [0.15, 0.2) is 48.5 Å². The standard InChI is InChI=1S/C17H19ClN2O/c1-20(2)12-15-7-3-4-9-16(15)19-17(21)14-8-5-6-13(10-14)11-18/h3-10H,11-12H2,1-2H3,(H,19,21). The zero-order chi connectivity index (χ0) is 15.2. The lowest BCUT2D eigenvalue weighted by Crippen LogP contribution is -2.16. The monoisotopic (exact) mass is 302 g/mol. The first-order valence-electron chi connectivity index (χ1n) is 6.79. The van der Waals surface area contributed by atoms with Crippen LogP contribution in [0.3, 0.4) is 0 Å². The van der Waals surface area contributed by atoms with Gasteiger partial charge in [-0.15, -0.1) is 11.6 Å². The lowest BCUT2D eigenvalue weighted by molar-refractivity contribution is 0.102. The van der Waals surface area contributed by atoms with E-state index in [9.17, 15) is 4.79 Å². The van der Waals surface area contributed by atoms with Crippen molar-refractivity contribution in [2.24, 2.45) is 0 Å². The molecular weight excluding hydrogens is 284 g/mol. The molecule has 1 N–H and O–H groups in total. The van der Waals surface area contributed by atoms with E-state index in [0.717, 1.165) is 23.4 Å². The van der Waals surface area contributed by atoms with Gasteiger partial charge in [0.05, 0.1) is 0 Å². The van der Waals surface area contributed by atoms with E-state index in [0.29, 0.717) is 11.4 Å². The maximum absolute atomic E-state index is 12.4. The molecule has 0 radical (unpaired) electrons. The van der Waals surface area contributed by atoms with Gasteiger partial charge in [-0.3, -0.25) is 4.79 Å². The van der Waals surface area contributed by atoms with Gasteiger partial charge in [0.1, 0.15) is 0 Å². The van der Waals surface area contributed by atoms with Crippen LogP contribution in [0.25, 0.3) is 0 Å². The molecule has 0 bridgehead atoms. The van der Waals surface area contributed by atoms with Gasteiger partial charge in [0.15, 0.2) is 0 Å². The summed E-state index contributed by atoms with van der Waals surface area (Å²) in [5.74, 6) is 0.284. The molecule has 0 atom stereocenters. The Balaban J connectivity index is 2.19. The number of benzene rings is 2. The van der Waals surface area contributed by atoms with Crippen LogP contribution in [-0.4, -0.2) is 24.9 Å². The third-order valence-corrected chi connectivity index (χ3v) is 3.40. The molecule has 0 heterocycles. The molecule has 0 unspecified atom stereocenters. The number of carbonyl (C=O) groups is 1. The molecule has 2 aromatic carbocycles. The highest BCUT2D eigenvalue weighted by Crippen LogP contribution is 2.18. The van der Waals surface area contributed by atoms with Gasteiger partial charge < -0.3 is 10.2 Å². The Bertz CT molecular complexity index is 626. The number of para-hydroxylation sites is 1. The Morgan fingerprint density at radius 2 is 1.90 bits per heavy atom. The molecule has 2 aromatic rings. The van der Waals surface area contributed by atoms with Gasteiger partial charge in [0, 0.05) is 23.7 Å². The van der Waals surface area contributed by atoms with Gasteiger partial charge in [-0.2, -0.15) is 0 Å². The molecule has 110 valence electrons. The Kier molecular flexibility index (Phi) is 5.37. The van der Waals surface area contributed by atoms with Crippen LogP contribution in [0.2, 0.25) is 0 Å². The van der Waals surface area contributed by atoms with Crippen LogP contribution < -0.4 is 5.32 Å². The lowest BCUT2D eigenvalue weighted by atomic mass is 10.1. The highest BCUT2D eigenvalue weighted by atomic mass is 35.5. The average Bonchev–Trinajstić information content (AvgIpc) is 2.48.